The SMILES string of the molecule is CCC1(CNC(N)=NC)C#CCC(Cc2cc(OC)c(O)cc2CO)C(OC(C)=O)CC(O)CC1. The summed E-state index contributed by atoms with van der Waals surface area (Å²) in [5, 5.41) is 34.0. The Kier molecular flexibility index (Phi) is 10.7. The lowest BCUT2D eigenvalue weighted by atomic mass is 9.77. The van der Waals surface area contributed by atoms with Gasteiger partial charge in [-0.2, -0.15) is 0 Å². The topological polar surface area (TPSA) is 147 Å². The van der Waals surface area contributed by atoms with Crippen LogP contribution in [0.4, 0.5) is 0 Å². The number of rotatable bonds is 8. The molecule has 0 bridgehead atoms. The van der Waals surface area contributed by atoms with Crippen molar-refractivity contribution in [1.82, 2.24) is 5.32 Å². The molecule has 194 valence electrons. The molecule has 0 aliphatic heterocycles. The number of nitrogens with zero attached hydrogens (tertiary/aromatic N) is 1. The Morgan fingerprint density at radius 1 is 1.37 bits per heavy atom. The number of ether oxygens (including phenoxy) is 2. The number of benzene rings is 1. The van der Waals surface area contributed by atoms with Crippen LogP contribution in [0.5, 0.6) is 11.5 Å². The van der Waals surface area contributed by atoms with Crippen LogP contribution in [0, 0.1) is 23.2 Å². The van der Waals surface area contributed by atoms with Gasteiger partial charge in [-0.05, 0) is 48.9 Å². The van der Waals surface area contributed by atoms with Crippen molar-refractivity contribution in [2.45, 2.75) is 71.2 Å². The first-order valence-electron chi connectivity index (χ1n) is 12.0. The number of nitrogens with two attached hydrogens (primary N) is 1. The van der Waals surface area contributed by atoms with E-state index < -0.39 is 23.6 Å². The molecule has 6 N–H and O–H groups in total. The molecule has 0 saturated carbocycles. The van der Waals surface area contributed by atoms with Crippen LogP contribution in [0.15, 0.2) is 17.1 Å². The van der Waals surface area contributed by atoms with Crippen molar-refractivity contribution in [3.05, 3.63) is 23.3 Å². The number of hydrogen-bond donors (Lipinski definition) is 5. The predicted octanol–water partition coefficient (Wildman–Crippen LogP) is 1.85. The highest BCUT2D eigenvalue weighted by Gasteiger charge is 2.32. The molecule has 4 unspecified atom stereocenters. The number of phenols is 1. The minimum atomic E-state index is -0.684. The van der Waals surface area contributed by atoms with Crippen LogP contribution in [0.25, 0.3) is 0 Å². The average Bonchev–Trinajstić information content (AvgIpc) is 2.84. The van der Waals surface area contributed by atoms with E-state index >= 15 is 0 Å². The number of guanidine groups is 1. The van der Waals surface area contributed by atoms with Gasteiger partial charge in [0.15, 0.2) is 17.5 Å². The van der Waals surface area contributed by atoms with E-state index in [1.165, 1.54) is 20.1 Å². The van der Waals surface area contributed by atoms with E-state index in [-0.39, 0.29) is 24.7 Å². The maximum atomic E-state index is 11.9. The van der Waals surface area contributed by atoms with E-state index in [1.807, 2.05) is 0 Å². The summed E-state index contributed by atoms with van der Waals surface area (Å²) in [5.74, 6) is 6.62. The highest BCUT2D eigenvalue weighted by molar-refractivity contribution is 5.77. The molecular formula is C26H39N3O6. The molecule has 1 aromatic rings. The number of hydrogen-bond acceptors (Lipinski definition) is 7. The number of phenolic OH excluding ortho intramolecular Hbond substituents is 1. The Hall–Kier alpha value is -2.96. The summed E-state index contributed by atoms with van der Waals surface area (Å²) in [7, 11) is 3.07. The Morgan fingerprint density at radius 2 is 2.11 bits per heavy atom. The number of carbonyl (C=O) groups is 1. The average molecular weight is 490 g/mol. The van der Waals surface area contributed by atoms with Crippen LogP contribution in [0.3, 0.4) is 0 Å². The molecule has 0 saturated heterocycles. The smallest absolute Gasteiger partial charge is 0.302 e. The van der Waals surface area contributed by atoms with Gasteiger partial charge in [0.05, 0.1) is 19.8 Å². The summed E-state index contributed by atoms with van der Waals surface area (Å²) in [6.07, 6.45) is 1.78. The van der Waals surface area contributed by atoms with Gasteiger partial charge in [-0.1, -0.05) is 12.8 Å². The van der Waals surface area contributed by atoms with Crippen LogP contribution in [-0.2, 0) is 22.6 Å². The lowest BCUT2D eigenvalue weighted by Gasteiger charge is -2.33. The first kappa shape index (κ1) is 28.3. The zero-order valence-corrected chi connectivity index (χ0v) is 21.1. The quantitative estimate of drug-likeness (QED) is 0.161. The molecule has 2 rings (SSSR count). The van der Waals surface area contributed by atoms with Crippen molar-refractivity contribution >= 4 is 11.9 Å². The fraction of sp³-hybridized carbons (Fsp3) is 0.615. The lowest BCUT2D eigenvalue weighted by Crippen LogP contribution is -2.41. The molecule has 9 heteroatoms. The van der Waals surface area contributed by atoms with Gasteiger partial charge >= 0.3 is 5.97 Å². The molecule has 0 aromatic heterocycles. The molecular weight excluding hydrogens is 450 g/mol. The molecule has 0 fully saturated rings. The number of aliphatic hydroxyl groups excluding tert-OH is 2. The fourth-order valence-corrected chi connectivity index (χ4v) is 4.44. The van der Waals surface area contributed by atoms with Crippen LogP contribution in [0.2, 0.25) is 0 Å². The summed E-state index contributed by atoms with van der Waals surface area (Å²) in [4.78, 5) is 15.8. The number of methoxy groups -OCH3 is 1. The molecule has 35 heavy (non-hydrogen) atoms. The second kappa shape index (κ2) is 13.2. The maximum Gasteiger partial charge on any atom is 0.302 e. The normalized spacial score (nSPS) is 25.2. The number of aromatic hydroxyl groups is 1. The van der Waals surface area contributed by atoms with Crippen molar-refractivity contribution in [2.75, 3.05) is 20.7 Å². The van der Waals surface area contributed by atoms with Gasteiger partial charge < -0.3 is 35.8 Å². The first-order chi connectivity index (χ1) is 16.7. The second-order valence-corrected chi connectivity index (χ2v) is 9.09. The molecule has 1 aliphatic rings. The van der Waals surface area contributed by atoms with Crippen molar-refractivity contribution in [1.29, 1.82) is 0 Å². The van der Waals surface area contributed by atoms with E-state index in [0.717, 1.165) is 12.0 Å². The standard InChI is InChI=1S/C26H39N3O6/c1-5-26(16-29-25(27)28-3)9-6-7-18(23(35-17(2)31)14-21(32)8-10-26)11-19-13-24(34-4)22(33)12-20(19)15-30/h12-13,18,21,23,30,32-33H,5,7-8,10-11,14-16H2,1-4H3,(H3,27,28,29). The number of esters is 1. The first-order valence-corrected chi connectivity index (χ1v) is 12.0. The summed E-state index contributed by atoms with van der Waals surface area (Å²) in [6.45, 7) is 3.65. The summed E-state index contributed by atoms with van der Waals surface area (Å²) in [5.41, 5.74) is 6.75. The van der Waals surface area contributed by atoms with Gasteiger partial charge in [0, 0.05) is 44.7 Å². The summed E-state index contributed by atoms with van der Waals surface area (Å²) < 4.78 is 10.9. The number of aliphatic imine (C=N–C) groups is 1. The molecule has 0 heterocycles. The summed E-state index contributed by atoms with van der Waals surface area (Å²) in [6, 6.07) is 3.16. The Bertz CT molecular complexity index is 954. The minimum absolute atomic E-state index is 0.0619. The minimum Gasteiger partial charge on any atom is -0.504 e. The van der Waals surface area contributed by atoms with Crippen molar-refractivity contribution in [3.63, 3.8) is 0 Å². The van der Waals surface area contributed by atoms with Gasteiger partial charge in [-0.25, -0.2) is 0 Å². The zero-order valence-electron chi connectivity index (χ0n) is 21.1. The van der Waals surface area contributed by atoms with Crippen LogP contribution >= 0.6 is 0 Å². The molecule has 9 nitrogen and oxygen atoms in total. The van der Waals surface area contributed by atoms with Crippen molar-refractivity contribution in [2.24, 2.45) is 22.1 Å². The maximum absolute atomic E-state index is 11.9. The van der Waals surface area contributed by atoms with Gasteiger partial charge in [-0.15, -0.1) is 5.92 Å². The van der Waals surface area contributed by atoms with Crippen LogP contribution < -0.4 is 15.8 Å². The third-order valence-electron chi connectivity index (χ3n) is 6.70. The van der Waals surface area contributed by atoms with E-state index in [0.29, 0.717) is 49.5 Å². The van der Waals surface area contributed by atoms with E-state index in [9.17, 15) is 20.1 Å². The molecule has 4 atom stereocenters. The van der Waals surface area contributed by atoms with Crippen LogP contribution in [0.1, 0.15) is 57.1 Å². The molecule has 1 aliphatic carbocycles. The predicted molar refractivity (Wildman–Crippen MR) is 134 cm³/mol. The van der Waals surface area contributed by atoms with Crippen molar-refractivity contribution < 1.29 is 29.6 Å². The number of nitrogens with one attached hydrogen (secondary N) is 1. The van der Waals surface area contributed by atoms with Gasteiger partial charge in [0.1, 0.15) is 6.10 Å². The van der Waals surface area contributed by atoms with Gasteiger partial charge in [0.25, 0.3) is 0 Å². The third-order valence-corrected chi connectivity index (χ3v) is 6.70. The molecule has 1 aromatic carbocycles. The van der Waals surface area contributed by atoms with Crippen molar-refractivity contribution in [3.8, 4) is 23.3 Å². The summed E-state index contributed by atoms with van der Waals surface area (Å²) >= 11 is 0. The van der Waals surface area contributed by atoms with Gasteiger partial charge in [-0.3, -0.25) is 9.79 Å². The van der Waals surface area contributed by atoms with E-state index in [4.69, 9.17) is 15.2 Å². The highest BCUT2D eigenvalue weighted by Crippen LogP contribution is 2.34. The number of carbonyl (C=O) groups excluding carboxylic acids is 1. The zero-order chi connectivity index (χ0) is 26.0. The monoisotopic (exact) mass is 489 g/mol. The largest absolute Gasteiger partial charge is 0.504 e. The Balaban J connectivity index is 2.45. The molecule has 0 amide bonds. The highest BCUT2D eigenvalue weighted by atomic mass is 16.5. The Labute approximate surface area is 207 Å². The van der Waals surface area contributed by atoms with Gasteiger partial charge in [0.2, 0.25) is 0 Å². The van der Waals surface area contributed by atoms with E-state index in [2.05, 4.69) is 29.1 Å². The molecule has 0 spiro atoms. The fourth-order valence-electron chi connectivity index (χ4n) is 4.44. The van der Waals surface area contributed by atoms with E-state index in [1.54, 1.807) is 13.1 Å². The molecule has 0 radical (unpaired) electrons. The third kappa shape index (κ3) is 8.05. The Morgan fingerprint density at radius 3 is 2.71 bits per heavy atom. The second-order valence-electron chi connectivity index (χ2n) is 9.09. The lowest BCUT2D eigenvalue weighted by molar-refractivity contribution is -0.151. The number of aliphatic hydroxyl groups is 2. The van der Waals surface area contributed by atoms with Crippen LogP contribution in [-0.4, -0.2) is 60.2 Å².